The number of ether oxygens (including phenoxy) is 1. The number of nitrogens with one attached hydrogen (secondary N) is 3. The van der Waals surface area contributed by atoms with E-state index in [2.05, 4.69) is 16.2 Å². The maximum atomic E-state index is 13.0. The summed E-state index contributed by atoms with van der Waals surface area (Å²) in [4.78, 5) is 14.8. The third kappa shape index (κ3) is 4.30. The van der Waals surface area contributed by atoms with E-state index in [9.17, 15) is 4.79 Å². The lowest BCUT2D eigenvalue weighted by atomic mass is 9.81. The average molecular weight is 361 g/mol. The van der Waals surface area contributed by atoms with Crippen LogP contribution in [0, 0.1) is 5.92 Å². The smallest absolute Gasteiger partial charge is 0.244 e. The minimum Gasteiger partial charge on any atom is -0.497 e. The van der Waals surface area contributed by atoms with Gasteiger partial charge in [-0.2, -0.15) is 0 Å². The molecule has 1 saturated carbocycles. The second-order valence-corrected chi connectivity index (χ2v) is 7.51. The first-order chi connectivity index (χ1) is 12.6. The molecule has 0 bridgehead atoms. The highest BCUT2D eigenvalue weighted by molar-refractivity contribution is 5.84. The van der Waals surface area contributed by atoms with Crippen molar-refractivity contribution in [2.75, 3.05) is 26.0 Å². The molecular formula is C20H32N4O2. The predicted molar refractivity (Wildman–Crippen MR) is 104 cm³/mol. The summed E-state index contributed by atoms with van der Waals surface area (Å²) in [7, 11) is 3.56. The Morgan fingerprint density at radius 2 is 2.15 bits per heavy atom. The van der Waals surface area contributed by atoms with Crippen molar-refractivity contribution in [3.05, 3.63) is 24.3 Å². The lowest BCUT2D eigenvalue weighted by molar-refractivity contribution is -0.131. The largest absolute Gasteiger partial charge is 0.497 e. The standard InChI is InChI=1S/C20H32N4O2/c1-4-17(21-14-8-7-9-15(12-14)26-3)20(25)24(2)13-19-16-10-5-6-11-18(16)22-23-19/h7-9,12,16-19,21-23H,4-6,10-11,13H2,1-3H3. The van der Waals surface area contributed by atoms with Crippen LogP contribution in [0.3, 0.4) is 0 Å². The number of hydrogen-bond acceptors (Lipinski definition) is 5. The predicted octanol–water partition coefficient (Wildman–Crippen LogP) is 2.38. The Balaban J connectivity index is 1.58. The maximum Gasteiger partial charge on any atom is 0.244 e. The summed E-state index contributed by atoms with van der Waals surface area (Å²) in [6, 6.07) is 8.39. The van der Waals surface area contributed by atoms with Gasteiger partial charge in [-0.1, -0.05) is 25.8 Å². The fourth-order valence-corrected chi connectivity index (χ4v) is 4.23. The van der Waals surface area contributed by atoms with Crippen molar-refractivity contribution in [2.45, 2.75) is 57.2 Å². The summed E-state index contributed by atoms with van der Waals surface area (Å²) >= 11 is 0. The number of benzene rings is 1. The second kappa shape index (κ2) is 8.73. The van der Waals surface area contributed by atoms with E-state index in [-0.39, 0.29) is 11.9 Å². The SMILES string of the molecule is CCC(Nc1cccc(OC)c1)C(=O)N(C)CC1NNC2CCCCC21. The molecule has 144 valence electrons. The summed E-state index contributed by atoms with van der Waals surface area (Å²) in [5, 5.41) is 3.36. The molecule has 1 aromatic carbocycles. The van der Waals surface area contributed by atoms with Crippen LogP contribution in [-0.4, -0.2) is 49.6 Å². The van der Waals surface area contributed by atoms with Gasteiger partial charge in [-0.15, -0.1) is 0 Å². The first kappa shape index (κ1) is 19.0. The molecule has 0 spiro atoms. The molecule has 4 atom stereocenters. The number of carbonyl (C=O) groups excluding carboxylic acids is 1. The van der Waals surface area contributed by atoms with Gasteiger partial charge in [-0.25, -0.2) is 0 Å². The fourth-order valence-electron chi connectivity index (χ4n) is 4.23. The van der Waals surface area contributed by atoms with Crippen LogP contribution in [0.15, 0.2) is 24.3 Å². The number of hydrogen-bond donors (Lipinski definition) is 3. The van der Waals surface area contributed by atoms with Crippen molar-refractivity contribution in [3.8, 4) is 5.75 Å². The Morgan fingerprint density at radius 3 is 2.92 bits per heavy atom. The van der Waals surface area contributed by atoms with Crippen molar-refractivity contribution in [1.29, 1.82) is 0 Å². The molecule has 3 rings (SSSR count). The first-order valence-corrected chi connectivity index (χ1v) is 9.79. The molecule has 1 aliphatic heterocycles. The Bertz CT molecular complexity index is 609. The summed E-state index contributed by atoms with van der Waals surface area (Å²) in [6.45, 7) is 2.78. The number of nitrogens with zero attached hydrogens (tertiary/aromatic N) is 1. The number of methoxy groups -OCH3 is 1. The fraction of sp³-hybridized carbons (Fsp3) is 0.650. The van der Waals surface area contributed by atoms with E-state index in [1.807, 2.05) is 43.1 Å². The van der Waals surface area contributed by atoms with Crippen LogP contribution >= 0.6 is 0 Å². The molecule has 4 unspecified atom stereocenters. The van der Waals surface area contributed by atoms with Crippen molar-refractivity contribution >= 4 is 11.6 Å². The van der Waals surface area contributed by atoms with Crippen LogP contribution in [0.1, 0.15) is 39.0 Å². The van der Waals surface area contributed by atoms with Crippen LogP contribution in [0.4, 0.5) is 5.69 Å². The van der Waals surface area contributed by atoms with E-state index in [1.165, 1.54) is 25.7 Å². The molecule has 0 radical (unpaired) electrons. The first-order valence-electron chi connectivity index (χ1n) is 9.79. The minimum absolute atomic E-state index is 0.136. The zero-order valence-electron chi connectivity index (χ0n) is 16.1. The van der Waals surface area contributed by atoms with Gasteiger partial charge in [0.05, 0.1) is 7.11 Å². The van der Waals surface area contributed by atoms with Crippen LogP contribution in [0.2, 0.25) is 0 Å². The highest BCUT2D eigenvalue weighted by Crippen LogP contribution is 2.30. The summed E-state index contributed by atoms with van der Waals surface area (Å²) in [6.07, 6.45) is 5.83. The van der Waals surface area contributed by atoms with Gasteiger partial charge in [0.25, 0.3) is 0 Å². The number of likely N-dealkylation sites (N-methyl/N-ethyl adjacent to an activating group) is 1. The lowest BCUT2D eigenvalue weighted by Crippen LogP contribution is -2.47. The van der Waals surface area contributed by atoms with Gasteiger partial charge in [0.1, 0.15) is 11.8 Å². The average Bonchev–Trinajstić information content (AvgIpc) is 3.08. The number of fused-ring (bicyclic) bond motifs is 1. The molecule has 0 aromatic heterocycles. The normalized spacial score (nSPS) is 26.0. The van der Waals surface area contributed by atoms with Gasteiger partial charge in [-0.05, 0) is 37.3 Å². The zero-order chi connectivity index (χ0) is 18.5. The van der Waals surface area contributed by atoms with Gasteiger partial charge in [0.15, 0.2) is 0 Å². The summed E-state index contributed by atoms with van der Waals surface area (Å²) in [5.74, 6) is 1.55. The third-order valence-electron chi connectivity index (χ3n) is 5.75. The second-order valence-electron chi connectivity index (χ2n) is 7.51. The van der Waals surface area contributed by atoms with E-state index < -0.39 is 0 Å². The molecule has 1 saturated heterocycles. The van der Waals surface area contributed by atoms with E-state index in [0.29, 0.717) is 18.0 Å². The zero-order valence-corrected chi connectivity index (χ0v) is 16.1. The Kier molecular flexibility index (Phi) is 6.38. The summed E-state index contributed by atoms with van der Waals surface area (Å²) in [5.41, 5.74) is 7.76. The molecule has 1 aromatic rings. The quantitative estimate of drug-likeness (QED) is 0.697. The van der Waals surface area contributed by atoms with Gasteiger partial charge in [-0.3, -0.25) is 15.6 Å². The molecule has 2 fully saturated rings. The highest BCUT2D eigenvalue weighted by Gasteiger charge is 2.38. The molecule has 26 heavy (non-hydrogen) atoms. The summed E-state index contributed by atoms with van der Waals surface area (Å²) < 4.78 is 5.27. The Hall–Kier alpha value is -1.79. The maximum absolute atomic E-state index is 13.0. The van der Waals surface area contributed by atoms with Crippen LogP contribution in [0.25, 0.3) is 0 Å². The van der Waals surface area contributed by atoms with E-state index in [4.69, 9.17) is 4.74 Å². The van der Waals surface area contributed by atoms with E-state index >= 15 is 0 Å². The number of anilines is 1. The van der Waals surface area contributed by atoms with Gasteiger partial charge >= 0.3 is 0 Å². The van der Waals surface area contributed by atoms with E-state index in [0.717, 1.165) is 24.4 Å². The molecule has 2 aliphatic rings. The Labute approximate surface area is 156 Å². The monoisotopic (exact) mass is 360 g/mol. The highest BCUT2D eigenvalue weighted by atomic mass is 16.5. The number of amides is 1. The Morgan fingerprint density at radius 1 is 1.35 bits per heavy atom. The number of carbonyl (C=O) groups is 1. The lowest BCUT2D eigenvalue weighted by Gasteiger charge is -2.31. The van der Waals surface area contributed by atoms with Crippen molar-refractivity contribution in [1.82, 2.24) is 15.8 Å². The molecule has 6 heteroatoms. The van der Waals surface area contributed by atoms with Gasteiger partial charge in [0.2, 0.25) is 5.91 Å². The van der Waals surface area contributed by atoms with Crippen LogP contribution in [-0.2, 0) is 4.79 Å². The van der Waals surface area contributed by atoms with Crippen LogP contribution < -0.4 is 20.9 Å². The van der Waals surface area contributed by atoms with Crippen molar-refractivity contribution in [3.63, 3.8) is 0 Å². The van der Waals surface area contributed by atoms with Crippen molar-refractivity contribution in [2.24, 2.45) is 5.92 Å². The van der Waals surface area contributed by atoms with Crippen LogP contribution in [0.5, 0.6) is 5.75 Å². The van der Waals surface area contributed by atoms with E-state index in [1.54, 1.807) is 7.11 Å². The number of rotatable bonds is 7. The molecule has 1 amide bonds. The minimum atomic E-state index is -0.233. The van der Waals surface area contributed by atoms with Gasteiger partial charge in [0, 0.05) is 37.4 Å². The molecular weight excluding hydrogens is 328 g/mol. The molecule has 1 heterocycles. The topological polar surface area (TPSA) is 65.6 Å². The third-order valence-corrected chi connectivity index (χ3v) is 5.75. The molecule has 6 nitrogen and oxygen atoms in total. The van der Waals surface area contributed by atoms with Gasteiger partial charge < -0.3 is 15.0 Å². The number of hydrazine groups is 1. The molecule has 1 aliphatic carbocycles. The van der Waals surface area contributed by atoms with Crippen molar-refractivity contribution < 1.29 is 9.53 Å². The molecule has 3 N–H and O–H groups in total.